The van der Waals surface area contributed by atoms with Gasteiger partial charge in [-0.05, 0) is 74.0 Å². The number of ether oxygens (including phenoxy) is 2. The predicted octanol–water partition coefficient (Wildman–Crippen LogP) is 5.05. The Hall–Kier alpha value is -3.80. The van der Waals surface area contributed by atoms with Crippen molar-refractivity contribution < 1.29 is 19.1 Å². The van der Waals surface area contributed by atoms with Crippen LogP contribution in [0.5, 0.6) is 11.5 Å². The summed E-state index contributed by atoms with van der Waals surface area (Å²) in [5, 5.41) is 5.66. The molecule has 0 radical (unpaired) electrons. The molecule has 3 aromatic carbocycles. The summed E-state index contributed by atoms with van der Waals surface area (Å²) in [6, 6.07) is 21.7. The van der Waals surface area contributed by atoms with Crippen LogP contribution in [0.4, 0.5) is 11.4 Å². The Morgan fingerprint density at radius 2 is 1.35 bits per heavy atom. The minimum Gasteiger partial charge on any atom is -0.497 e. The summed E-state index contributed by atoms with van der Waals surface area (Å²) < 4.78 is 10.7. The molecule has 0 aliphatic carbocycles. The zero-order valence-corrected chi connectivity index (χ0v) is 17.7. The fraction of sp³-hybridized carbons (Fsp3) is 0.200. The summed E-state index contributed by atoms with van der Waals surface area (Å²) in [5.41, 5.74) is 3.00. The van der Waals surface area contributed by atoms with Crippen LogP contribution in [0.3, 0.4) is 0 Å². The van der Waals surface area contributed by atoms with Crippen molar-refractivity contribution in [3.05, 3.63) is 83.9 Å². The smallest absolute Gasteiger partial charge is 0.255 e. The van der Waals surface area contributed by atoms with E-state index in [1.165, 1.54) is 5.56 Å². The van der Waals surface area contributed by atoms with Gasteiger partial charge in [-0.15, -0.1) is 0 Å². The quantitative estimate of drug-likeness (QED) is 0.477. The minimum absolute atomic E-state index is 0.0945. The van der Waals surface area contributed by atoms with Crippen LogP contribution in [-0.2, 0) is 4.79 Å². The number of hydrogen-bond donors (Lipinski definition) is 2. The van der Waals surface area contributed by atoms with Crippen LogP contribution in [0.15, 0.2) is 72.8 Å². The van der Waals surface area contributed by atoms with Crippen molar-refractivity contribution in [2.75, 3.05) is 24.4 Å². The third-order valence-electron chi connectivity index (χ3n) is 4.62. The molecule has 0 bridgehead atoms. The van der Waals surface area contributed by atoms with E-state index in [9.17, 15) is 9.59 Å². The van der Waals surface area contributed by atoms with Gasteiger partial charge in [0, 0.05) is 23.4 Å². The van der Waals surface area contributed by atoms with Crippen molar-refractivity contribution in [3.8, 4) is 11.5 Å². The molecule has 6 heteroatoms. The third-order valence-corrected chi connectivity index (χ3v) is 4.62. The maximum Gasteiger partial charge on any atom is 0.255 e. The normalized spacial score (nSPS) is 10.3. The van der Waals surface area contributed by atoms with Gasteiger partial charge in [0.15, 0.2) is 0 Å². The van der Waals surface area contributed by atoms with Gasteiger partial charge < -0.3 is 20.1 Å². The van der Waals surface area contributed by atoms with Crippen molar-refractivity contribution in [2.24, 2.45) is 0 Å². The van der Waals surface area contributed by atoms with Crippen LogP contribution in [0.25, 0.3) is 0 Å². The fourth-order valence-electron chi connectivity index (χ4n) is 2.86. The van der Waals surface area contributed by atoms with Gasteiger partial charge in [0.25, 0.3) is 5.91 Å². The number of amides is 2. The number of carbonyl (C=O) groups excluding carboxylic acids is 2. The monoisotopic (exact) mass is 418 g/mol. The Labute approximate surface area is 182 Å². The first-order chi connectivity index (χ1) is 15.0. The Morgan fingerprint density at radius 1 is 0.774 bits per heavy atom. The second kappa shape index (κ2) is 10.8. The second-order valence-electron chi connectivity index (χ2n) is 7.07. The van der Waals surface area contributed by atoms with E-state index in [4.69, 9.17) is 9.47 Å². The van der Waals surface area contributed by atoms with E-state index < -0.39 is 0 Å². The summed E-state index contributed by atoms with van der Waals surface area (Å²) in [7, 11) is 1.59. The van der Waals surface area contributed by atoms with Gasteiger partial charge in [-0.1, -0.05) is 17.7 Å². The van der Waals surface area contributed by atoms with Crippen molar-refractivity contribution in [2.45, 2.75) is 19.8 Å². The molecule has 3 aromatic rings. The second-order valence-corrected chi connectivity index (χ2v) is 7.07. The summed E-state index contributed by atoms with van der Waals surface area (Å²) in [4.78, 5) is 24.5. The van der Waals surface area contributed by atoms with E-state index in [1.54, 1.807) is 55.6 Å². The van der Waals surface area contributed by atoms with Crippen LogP contribution in [-0.4, -0.2) is 25.5 Å². The van der Waals surface area contributed by atoms with E-state index >= 15 is 0 Å². The molecule has 2 N–H and O–H groups in total. The van der Waals surface area contributed by atoms with Gasteiger partial charge in [-0.3, -0.25) is 9.59 Å². The highest BCUT2D eigenvalue weighted by Gasteiger charge is 2.08. The van der Waals surface area contributed by atoms with Crippen LogP contribution in [0, 0.1) is 6.92 Å². The highest BCUT2D eigenvalue weighted by molar-refractivity contribution is 6.04. The third kappa shape index (κ3) is 6.89. The van der Waals surface area contributed by atoms with Crippen LogP contribution < -0.4 is 20.1 Å². The van der Waals surface area contributed by atoms with Gasteiger partial charge in [0.2, 0.25) is 5.91 Å². The summed E-state index contributed by atoms with van der Waals surface area (Å²) in [6.45, 7) is 2.49. The number of aryl methyl sites for hydroxylation is 1. The molecule has 0 aromatic heterocycles. The molecule has 160 valence electrons. The van der Waals surface area contributed by atoms with E-state index in [0.717, 1.165) is 11.5 Å². The Balaban J connectivity index is 1.42. The Kier molecular flexibility index (Phi) is 7.65. The molecule has 0 atom stereocenters. The molecular weight excluding hydrogens is 392 g/mol. The Bertz CT molecular complexity index is 997. The average Bonchev–Trinajstić information content (AvgIpc) is 2.79. The van der Waals surface area contributed by atoms with Gasteiger partial charge >= 0.3 is 0 Å². The lowest BCUT2D eigenvalue weighted by Crippen LogP contribution is -2.14. The topological polar surface area (TPSA) is 76.7 Å². The van der Waals surface area contributed by atoms with Crippen molar-refractivity contribution >= 4 is 23.2 Å². The van der Waals surface area contributed by atoms with Crippen molar-refractivity contribution in [3.63, 3.8) is 0 Å². The average molecular weight is 418 g/mol. The molecule has 31 heavy (non-hydrogen) atoms. The van der Waals surface area contributed by atoms with Gasteiger partial charge in [0.05, 0.1) is 13.7 Å². The molecule has 3 rings (SSSR count). The lowest BCUT2D eigenvalue weighted by Gasteiger charge is -2.09. The largest absolute Gasteiger partial charge is 0.497 e. The lowest BCUT2D eigenvalue weighted by atomic mass is 10.2. The molecule has 6 nitrogen and oxygen atoms in total. The number of benzene rings is 3. The number of carbonyl (C=O) groups is 2. The van der Waals surface area contributed by atoms with Crippen LogP contribution >= 0.6 is 0 Å². The first-order valence-corrected chi connectivity index (χ1v) is 10.1. The predicted molar refractivity (Wildman–Crippen MR) is 122 cm³/mol. The highest BCUT2D eigenvalue weighted by Crippen LogP contribution is 2.17. The van der Waals surface area contributed by atoms with Crippen LogP contribution in [0.1, 0.15) is 28.8 Å². The maximum atomic E-state index is 12.4. The zero-order chi connectivity index (χ0) is 22.1. The fourth-order valence-corrected chi connectivity index (χ4v) is 2.86. The van der Waals surface area contributed by atoms with E-state index in [-0.39, 0.29) is 11.8 Å². The van der Waals surface area contributed by atoms with Crippen LogP contribution in [0.2, 0.25) is 0 Å². The number of rotatable bonds is 9. The first kappa shape index (κ1) is 21.9. The molecule has 0 saturated heterocycles. The number of anilines is 2. The molecule has 0 aliphatic heterocycles. The Morgan fingerprint density at radius 3 is 2.00 bits per heavy atom. The molecule has 0 fully saturated rings. The van der Waals surface area contributed by atoms with E-state index in [1.807, 2.05) is 31.2 Å². The van der Waals surface area contributed by atoms with Gasteiger partial charge in [0.1, 0.15) is 11.5 Å². The molecule has 0 aliphatic rings. The van der Waals surface area contributed by atoms with Crippen molar-refractivity contribution in [1.29, 1.82) is 0 Å². The summed E-state index contributed by atoms with van der Waals surface area (Å²) in [6.07, 6.45) is 0.966. The number of nitrogens with one attached hydrogen (secondary N) is 2. The molecular formula is C25H26N2O4. The van der Waals surface area contributed by atoms with Crippen molar-refractivity contribution in [1.82, 2.24) is 0 Å². The molecule has 0 unspecified atom stereocenters. The maximum absolute atomic E-state index is 12.4. The van der Waals surface area contributed by atoms with Gasteiger partial charge in [-0.25, -0.2) is 0 Å². The molecule has 0 spiro atoms. The zero-order valence-electron chi connectivity index (χ0n) is 17.7. The minimum atomic E-state index is -0.226. The molecule has 2 amide bonds. The first-order valence-electron chi connectivity index (χ1n) is 10.1. The highest BCUT2D eigenvalue weighted by atomic mass is 16.5. The standard InChI is InChI=1S/C25H26N2O4/c1-18-5-13-23(14-6-18)31-17-3-4-24(28)26-20-9-7-19(8-10-20)25(29)27-21-11-15-22(30-2)16-12-21/h5-16H,3-4,17H2,1-2H3,(H,26,28)(H,27,29). The molecule has 0 saturated carbocycles. The summed E-state index contributed by atoms with van der Waals surface area (Å²) in [5.74, 6) is 1.20. The number of hydrogen-bond acceptors (Lipinski definition) is 4. The summed E-state index contributed by atoms with van der Waals surface area (Å²) >= 11 is 0. The van der Waals surface area contributed by atoms with E-state index in [0.29, 0.717) is 36.4 Å². The van der Waals surface area contributed by atoms with E-state index in [2.05, 4.69) is 10.6 Å². The van der Waals surface area contributed by atoms with Gasteiger partial charge in [-0.2, -0.15) is 0 Å². The lowest BCUT2D eigenvalue weighted by molar-refractivity contribution is -0.116. The number of methoxy groups -OCH3 is 1. The molecule has 0 heterocycles. The SMILES string of the molecule is COc1ccc(NC(=O)c2ccc(NC(=O)CCCOc3ccc(C)cc3)cc2)cc1.